The monoisotopic (exact) mass is 212 g/mol. The summed E-state index contributed by atoms with van der Waals surface area (Å²) >= 11 is 0. The minimum Gasteiger partial charge on any atom is -0.377 e. The van der Waals surface area contributed by atoms with Crippen molar-refractivity contribution in [2.45, 2.75) is 37.5 Å². The lowest BCUT2D eigenvalue weighted by Crippen LogP contribution is -2.28. The van der Waals surface area contributed by atoms with Crippen LogP contribution in [0.25, 0.3) is 0 Å². The van der Waals surface area contributed by atoms with E-state index >= 15 is 0 Å². The Kier molecular flexibility index (Phi) is 3.37. The molecule has 0 heterocycles. The topological polar surface area (TPSA) is 43.4 Å². The van der Waals surface area contributed by atoms with Crippen LogP contribution in [-0.4, -0.2) is 26.4 Å². The van der Waals surface area contributed by atoms with Crippen molar-refractivity contribution in [2.24, 2.45) is 0 Å². The number of halogens is 1. The van der Waals surface area contributed by atoms with Gasteiger partial charge in [-0.05, 0) is 26.2 Å². The third-order valence-electron chi connectivity index (χ3n) is 2.13. The van der Waals surface area contributed by atoms with Crippen LogP contribution >= 0.6 is 10.7 Å². The molecule has 0 radical (unpaired) electrons. The molecule has 0 aromatic carbocycles. The molecular formula is C7H13ClO3S. The number of hydrogen-bond donors (Lipinski definition) is 0. The first-order chi connectivity index (χ1) is 5.55. The largest absolute Gasteiger partial charge is 0.377 e. The molecule has 0 bridgehead atoms. The van der Waals surface area contributed by atoms with Gasteiger partial charge in [-0.25, -0.2) is 8.42 Å². The third-order valence-corrected chi connectivity index (χ3v) is 4.08. The summed E-state index contributed by atoms with van der Waals surface area (Å²) in [5, 5.41) is -0.487. The zero-order valence-corrected chi connectivity index (χ0v) is 8.57. The normalized spacial score (nSPS) is 30.8. The van der Waals surface area contributed by atoms with E-state index < -0.39 is 14.3 Å². The summed E-state index contributed by atoms with van der Waals surface area (Å²) in [6, 6.07) is 0. The minimum absolute atomic E-state index is 0.183. The fourth-order valence-electron chi connectivity index (χ4n) is 1.62. The van der Waals surface area contributed by atoms with Gasteiger partial charge in [0.25, 0.3) is 0 Å². The quantitative estimate of drug-likeness (QED) is 0.667. The maximum atomic E-state index is 11.0. The molecule has 5 heteroatoms. The molecule has 3 nitrogen and oxygen atoms in total. The lowest BCUT2D eigenvalue weighted by atomic mass is 10.3. The Hall–Kier alpha value is 0.200. The Morgan fingerprint density at radius 1 is 1.50 bits per heavy atom. The van der Waals surface area contributed by atoms with Crippen molar-refractivity contribution in [3.63, 3.8) is 0 Å². The fraction of sp³-hybridized carbons (Fsp3) is 1.00. The molecule has 0 aromatic rings. The Bertz CT molecular complexity index is 237. The van der Waals surface area contributed by atoms with Crippen LogP contribution in [0.5, 0.6) is 0 Å². The zero-order valence-electron chi connectivity index (χ0n) is 6.99. The predicted octanol–water partition coefficient (Wildman–Crippen LogP) is 1.51. The first-order valence-corrected chi connectivity index (χ1v) is 6.48. The highest BCUT2D eigenvalue weighted by Gasteiger charge is 2.36. The average Bonchev–Trinajstić information content (AvgIpc) is 2.34. The molecule has 0 aromatic heterocycles. The van der Waals surface area contributed by atoms with Crippen molar-refractivity contribution in [1.29, 1.82) is 0 Å². The van der Waals surface area contributed by atoms with E-state index in [4.69, 9.17) is 15.4 Å². The van der Waals surface area contributed by atoms with Gasteiger partial charge in [-0.2, -0.15) is 0 Å². The fourth-order valence-corrected chi connectivity index (χ4v) is 3.26. The van der Waals surface area contributed by atoms with E-state index in [9.17, 15) is 8.42 Å². The summed E-state index contributed by atoms with van der Waals surface area (Å²) in [6.07, 6.45) is 2.15. The Labute approximate surface area is 77.5 Å². The van der Waals surface area contributed by atoms with Gasteiger partial charge in [0.05, 0.1) is 6.10 Å². The molecule has 0 saturated heterocycles. The summed E-state index contributed by atoms with van der Waals surface area (Å²) in [6.45, 7) is 2.41. The molecule has 1 fully saturated rings. The highest BCUT2D eigenvalue weighted by molar-refractivity contribution is 8.14. The number of hydrogen-bond acceptors (Lipinski definition) is 3. The van der Waals surface area contributed by atoms with Crippen LogP contribution in [0, 0.1) is 0 Å². The lowest BCUT2D eigenvalue weighted by molar-refractivity contribution is 0.0707. The molecule has 0 spiro atoms. The van der Waals surface area contributed by atoms with E-state index in [0.717, 1.165) is 12.8 Å². The average molecular weight is 213 g/mol. The van der Waals surface area contributed by atoms with Gasteiger partial charge in [0.1, 0.15) is 5.25 Å². The molecule has 0 amide bonds. The van der Waals surface area contributed by atoms with E-state index in [1.54, 1.807) is 0 Å². The predicted molar refractivity (Wildman–Crippen MR) is 47.8 cm³/mol. The molecule has 1 saturated carbocycles. The van der Waals surface area contributed by atoms with E-state index in [-0.39, 0.29) is 6.10 Å². The molecular weight excluding hydrogens is 200 g/mol. The van der Waals surface area contributed by atoms with Gasteiger partial charge in [0.15, 0.2) is 0 Å². The third kappa shape index (κ3) is 2.34. The summed E-state index contributed by atoms with van der Waals surface area (Å²) in [4.78, 5) is 0. The SMILES string of the molecule is CCOC1CCCC1S(=O)(=O)Cl. The maximum Gasteiger partial charge on any atom is 0.238 e. The Balaban J connectivity index is 2.64. The van der Waals surface area contributed by atoms with E-state index in [1.807, 2.05) is 6.92 Å². The van der Waals surface area contributed by atoms with Crippen molar-refractivity contribution in [2.75, 3.05) is 6.61 Å². The maximum absolute atomic E-state index is 11.0. The summed E-state index contributed by atoms with van der Waals surface area (Å²) in [5.74, 6) is 0. The Morgan fingerprint density at radius 3 is 2.67 bits per heavy atom. The van der Waals surface area contributed by atoms with Gasteiger partial charge >= 0.3 is 0 Å². The highest BCUT2D eigenvalue weighted by atomic mass is 35.7. The molecule has 1 rings (SSSR count). The van der Waals surface area contributed by atoms with Crippen molar-refractivity contribution in [3.05, 3.63) is 0 Å². The molecule has 1 aliphatic rings. The molecule has 1 aliphatic carbocycles. The molecule has 2 unspecified atom stereocenters. The molecule has 0 aliphatic heterocycles. The van der Waals surface area contributed by atoms with Gasteiger partial charge in [0, 0.05) is 17.3 Å². The van der Waals surface area contributed by atoms with Crippen LogP contribution in [0.1, 0.15) is 26.2 Å². The molecule has 2 atom stereocenters. The second-order valence-electron chi connectivity index (χ2n) is 2.94. The zero-order chi connectivity index (χ0) is 9.19. The Morgan fingerprint density at radius 2 is 2.17 bits per heavy atom. The van der Waals surface area contributed by atoms with Crippen molar-refractivity contribution >= 4 is 19.7 Å². The van der Waals surface area contributed by atoms with Gasteiger partial charge in [-0.1, -0.05) is 0 Å². The van der Waals surface area contributed by atoms with E-state index in [0.29, 0.717) is 13.0 Å². The van der Waals surface area contributed by atoms with Crippen molar-refractivity contribution in [3.8, 4) is 0 Å². The summed E-state index contributed by atoms with van der Waals surface area (Å²) < 4.78 is 27.3. The van der Waals surface area contributed by atoms with Crippen LogP contribution in [0.15, 0.2) is 0 Å². The smallest absolute Gasteiger partial charge is 0.238 e. The van der Waals surface area contributed by atoms with Gasteiger partial charge in [-0.3, -0.25) is 0 Å². The van der Waals surface area contributed by atoms with Gasteiger partial charge in [0.2, 0.25) is 9.05 Å². The lowest BCUT2D eigenvalue weighted by Gasteiger charge is -2.15. The molecule has 0 N–H and O–H groups in total. The second kappa shape index (κ2) is 3.94. The summed E-state index contributed by atoms with van der Waals surface area (Å²) in [5.41, 5.74) is 0. The second-order valence-corrected chi connectivity index (χ2v) is 5.79. The standard InChI is InChI=1S/C7H13ClO3S/c1-2-11-6-4-3-5-7(6)12(8,9)10/h6-7H,2-5H2,1H3. The van der Waals surface area contributed by atoms with Gasteiger partial charge in [-0.15, -0.1) is 0 Å². The van der Waals surface area contributed by atoms with E-state index in [1.165, 1.54) is 0 Å². The first-order valence-electron chi connectivity index (χ1n) is 4.10. The molecule has 12 heavy (non-hydrogen) atoms. The number of ether oxygens (including phenoxy) is 1. The van der Waals surface area contributed by atoms with Crippen LogP contribution in [0.2, 0.25) is 0 Å². The van der Waals surface area contributed by atoms with Crippen LogP contribution in [0.4, 0.5) is 0 Å². The highest BCUT2D eigenvalue weighted by Crippen LogP contribution is 2.29. The van der Waals surface area contributed by atoms with Crippen molar-refractivity contribution < 1.29 is 13.2 Å². The van der Waals surface area contributed by atoms with Crippen molar-refractivity contribution in [1.82, 2.24) is 0 Å². The number of rotatable bonds is 3. The molecule has 72 valence electrons. The first kappa shape index (κ1) is 10.3. The van der Waals surface area contributed by atoms with E-state index in [2.05, 4.69) is 0 Å². The van der Waals surface area contributed by atoms with Crippen LogP contribution in [0.3, 0.4) is 0 Å². The minimum atomic E-state index is -3.43. The van der Waals surface area contributed by atoms with Crippen LogP contribution in [-0.2, 0) is 13.8 Å². The summed E-state index contributed by atoms with van der Waals surface area (Å²) in [7, 11) is 1.84. The van der Waals surface area contributed by atoms with Gasteiger partial charge < -0.3 is 4.74 Å². The van der Waals surface area contributed by atoms with Crippen LogP contribution < -0.4 is 0 Å².